The van der Waals surface area contributed by atoms with Crippen LogP contribution in [0.3, 0.4) is 0 Å². The maximum Gasteiger partial charge on any atom is 0.126 e. The zero-order valence-electron chi connectivity index (χ0n) is 9.16. The first-order valence-electron chi connectivity index (χ1n) is 5.26. The maximum absolute atomic E-state index is 10.1. The van der Waals surface area contributed by atoms with Crippen LogP contribution in [-0.4, -0.2) is 35.5 Å². The number of halogens is 1. The Balaban J connectivity index is 1.96. The summed E-state index contributed by atoms with van der Waals surface area (Å²) in [6, 6.07) is 3.83. The third kappa shape index (κ3) is 2.72. The number of hydrogen-bond acceptors (Lipinski definition) is 4. The van der Waals surface area contributed by atoms with E-state index in [1.165, 1.54) is 0 Å². The van der Waals surface area contributed by atoms with Crippen molar-refractivity contribution in [3.8, 4) is 0 Å². The lowest BCUT2D eigenvalue weighted by Gasteiger charge is -2.21. The number of aryl methyl sites for hydroxylation is 1. The summed E-state index contributed by atoms with van der Waals surface area (Å²) in [7, 11) is 0. The number of anilines is 1. The van der Waals surface area contributed by atoms with Crippen LogP contribution in [0, 0.1) is 6.92 Å². The van der Waals surface area contributed by atoms with E-state index in [2.05, 4.69) is 26.2 Å². The highest BCUT2D eigenvalue weighted by molar-refractivity contribution is 9.10. The molecule has 0 amide bonds. The molecule has 0 bridgehead atoms. The van der Waals surface area contributed by atoms with Crippen LogP contribution in [0.4, 0.5) is 5.82 Å². The van der Waals surface area contributed by atoms with Gasteiger partial charge in [0.05, 0.1) is 12.3 Å². The van der Waals surface area contributed by atoms with E-state index < -0.39 is 5.60 Å². The summed E-state index contributed by atoms with van der Waals surface area (Å²) in [5, 5.41) is 13.2. The predicted molar refractivity (Wildman–Crippen MR) is 65.5 cm³/mol. The van der Waals surface area contributed by atoms with Crippen LogP contribution in [0.25, 0.3) is 0 Å². The van der Waals surface area contributed by atoms with Crippen LogP contribution in [0.2, 0.25) is 0 Å². The summed E-state index contributed by atoms with van der Waals surface area (Å²) in [6.07, 6.45) is 0.676. The average Bonchev–Trinajstić information content (AvgIpc) is 2.68. The molecule has 1 fully saturated rings. The lowest BCUT2D eigenvalue weighted by Crippen LogP contribution is -2.37. The number of nitrogens with one attached hydrogen (secondary N) is 1. The molecular formula is C11H15BrN2O2. The van der Waals surface area contributed by atoms with Crippen molar-refractivity contribution in [1.29, 1.82) is 0 Å². The standard InChI is InChI=1S/C11H15BrN2O2/c1-8-9(12)2-3-10(14-8)13-6-11(15)4-5-16-7-11/h2-3,15H,4-7H2,1H3,(H,13,14). The molecule has 0 aromatic carbocycles. The molecule has 4 nitrogen and oxygen atoms in total. The van der Waals surface area contributed by atoms with E-state index in [-0.39, 0.29) is 0 Å². The molecule has 1 aliphatic heterocycles. The van der Waals surface area contributed by atoms with Gasteiger partial charge in [-0.1, -0.05) is 0 Å². The van der Waals surface area contributed by atoms with Crippen molar-refractivity contribution in [3.63, 3.8) is 0 Å². The Morgan fingerprint density at radius 2 is 2.44 bits per heavy atom. The Morgan fingerprint density at radius 1 is 1.62 bits per heavy atom. The summed E-state index contributed by atoms with van der Waals surface area (Å²) in [4.78, 5) is 4.35. The minimum absolute atomic E-state index is 0.398. The third-order valence-corrected chi connectivity index (χ3v) is 3.54. The molecule has 1 atom stereocenters. The maximum atomic E-state index is 10.1. The van der Waals surface area contributed by atoms with Gasteiger partial charge in [0.2, 0.25) is 0 Å². The van der Waals surface area contributed by atoms with Gasteiger partial charge in [-0.25, -0.2) is 4.98 Å². The van der Waals surface area contributed by atoms with Crippen molar-refractivity contribution in [2.45, 2.75) is 18.9 Å². The van der Waals surface area contributed by atoms with Crippen molar-refractivity contribution < 1.29 is 9.84 Å². The molecule has 0 spiro atoms. The van der Waals surface area contributed by atoms with Crippen molar-refractivity contribution >= 4 is 21.7 Å². The lowest BCUT2D eigenvalue weighted by atomic mass is 10.0. The minimum Gasteiger partial charge on any atom is -0.386 e. The van der Waals surface area contributed by atoms with E-state index in [9.17, 15) is 5.11 Å². The van der Waals surface area contributed by atoms with Gasteiger partial charge < -0.3 is 15.2 Å². The average molecular weight is 287 g/mol. The molecule has 0 radical (unpaired) electrons. The van der Waals surface area contributed by atoms with Gasteiger partial charge in [0.25, 0.3) is 0 Å². The predicted octanol–water partition coefficient (Wildman–Crippen LogP) is 1.72. The summed E-state index contributed by atoms with van der Waals surface area (Å²) >= 11 is 3.40. The summed E-state index contributed by atoms with van der Waals surface area (Å²) in [5.74, 6) is 0.779. The largest absolute Gasteiger partial charge is 0.386 e. The number of nitrogens with zero attached hydrogens (tertiary/aromatic N) is 1. The van der Waals surface area contributed by atoms with Crippen molar-refractivity contribution in [3.05, 3.63) is 22.3 Å². The molecule has 0 aliphatic carbocycles. The molecule has 0 saturated carbocycles. The molecule has 1 unspecified atom stereocenters. The third-order valence-electron chi connectivity index (χ3n) is 2.70. The molecular weight excluding hydrogens is 272 g/mol. The Hall–Kier alpha value is -0.650. The summed E-state index contributed by atoms with van der Waals surface area (Å²) < 4.78 is 6.16. The first-order valence-corrected chi connectivity index (χ1v) is 6.06. The number of aromatic nitrogens is 1. The molecule has 88 valence electrons. The summed E-state index contributed by atoms with van der Waals surface area (Å²) in [6.45, 7) is 3.43. The van der Waals surface area contributed by atoms with Gasteiger partial charge >= 0.3 is 0 Å². The lowest BCUT2D eigenvalue weighted by molar-refractivity contribution is 0.0381. The number of aliphatic hydroxyl groups is 1. The van der Waals surface area contributed by atoms with Crippen molar-refractivity contribution in [1.82, 2.24) is 4.98 Å². The fourth-order valence-corrected chi connectivity index (χ4v) is 1.85. The zero-order chi connectivity index (χ0) is 11.6. The van der Waals surface area contributed by atoms with Crippen LogP contribution < -0.4 is 5.32 Å². The summed E-state index contributed by atoms with van der Waals surface area (Å²) in [5.41, 5.74) is 0.183. The quantitative estimate of drug-likeness (QED) is 0.888. The molecule has 2 rings (SSSR count). The Bertz CT molecular complexity index is 378. The van der Waals surface area contributed by atoms with Gasteiger partial charge in [-0.15, -0.1) is 0 Å². The van der Waals surface area contributed by atoms with Gasteiger partial charge in [-0.05, 0) is 35.0 Å². The number of rotatable bonds is 3. The Morgan fingerprint density at radius 3 is 3.06 bits per heavy atom. The molecule has 5 heteroatoms. The number of hydrogen-bond donors (Lipinski definition) is 2. The smallest absolute Gasteiger partial charge is 0.126 e. The van der Waals surface area contributed by atoms with E-state index in [1.807, 2.05) is 19.1 Å². The van der Waals surface area contributed by atoms with E-state index >= 15 is 0 Å². The highest BCUT2D eigenvalue weighted by Gasteiger charge is 2.31. The van der Waals surface area contributed by atoms with Gasteiger partial charge in [0.1, 0.15) is 11.4 Å². The Labute approximate surface area is 103 Å². The monoisotopic (exact) mass is 286 g/mol. The van der Waals surface area contributed by atoms with E-state index in [4.69, 9.17) is 4.74 Å². The van der Waals surface area contributed by atoms with E-state index in [0.29, 0.717) is 26.2 Å². The van der Waals surface area contributed by atoms with Gasteiger partial charge in [-0.2, -0.15) is 0 Å². The van der Waals surface area contributed by atoms with E-state index in [0.717, 1.165) is 16.0 Å². The molecule has 1 saturated heterocycles. The van der Waals surface area contributed by atoms with Gasteiger partial charge in [0, 0.05) is 24.0 Å². The minimum atomic E-state index is -0.747. The highest BCUT2D eigenvalue weighted by Crippen LogP contribution is 2.20. The molecule has 2 N–H and O–H groups in total. The van der Waals surface area contributed by atoms with Crippen molar-refractivity contribution in [2.24, 2.45) is 0 Å². The molecule has 16 heavy (non-hydrogen) atoms. The highest BCUT2D eigenvalue weighted by atomic mass is 79.9. The molecule has 1 aromatic heterocycles. The van der Waals surface area contributed by atoms with Crippen LogP contribution in [0.1, 0.15) is 12.1 Å². The molecule has 2 heterocycles. The number of pyridine rings is 1. The molecule has 1 aliphatic rings. The zero-order valence-corrected chi connectivity index (χ0v) is 10.7. The van der Waals surface area contributed by atoms with Crippen LogP contribution in [0.5, 0.6) is 0 Å². The fraction of sp³-hybridized carbons (Fsp3) is 0.545. The van der Waals surface area contributed by atoms with Crippen LogP contribution in [-0.2, 0) is 4.74 Å². The number of ether oxygens (including phenoxy) is 1. The SMILES string of the molecule is Cc1nc(NCC2(O)CCOC2)ccc1Br. The van der Waals surface area contributed by atoms with Crippen molar-refractivity contribution in [2.75, 3.05) is 25.1 Å². The topological polar surface area (TPSA) is 54.4 Å². The van der Waals surface area contributed by atoms with Crippen LogP contribution in [0.15, 0.2) is 16.6 Å². The fourth-order valence-electron chi connectivity index (χ4n) is 1.63. The van der Waals surface area contributed by atoms with Gasteiger partial charge in [-0.3, -0.25) is 0 Å². The second-order valence-electron chi connectivity index (χ2n) is 4.14. The molecule has 1 aromatic rings. The van der Waals surface area contributed by atoms with Crippen LogP contribution >= 0.6 is 15.9 Å². The normalized spacial score (nSPS) is 24.7. The second kappa shape index (κ2) is 4.69. The first-order chi connectivity index (χ1) is 7.59. The first kappa shape index (κ1) is 11.8. The van der Waals surface area contributed by atoms with Gasteiger partial charge in [0.15, 0.2) is 0 Å². The van der Waals surface area contributed by atoms with E-state index in [1.54, 1.807) is 0 Å². The Kier molecular flexibility index (Phi) is 3.47. The second-order valence-corrected chi connectivity index (χ2v) is 5.00.